The molecule has 0 saturated carbocycles. The third-order valence-electron chi connectivity index (χ3n) is 4.60. The van der Waals surface area contributed by atoms with E-state index in [0.29, 0.717) is 16.7 Å². The first-order valence-corrected chi connectivity index (χ1v) is 10.7. The number of alkyl halides is 3. The van der Waals surface area contributed by atoms with E-state index in [9.17, 15) is 21.6 Å². The summed E-state index contributed by atoms with van der Waals surface area (Å²) in [4.78, 5) is 8.52. The van der Waals surface area contributed by atoms with Crippen LogP contribution in [-0.4, -0.2) is 41.4 Å². The number of hydrogen-bond acceptors (Lipinski definition) is 6. The predicted octanol–water partition coefficient (Wildman–Crippen LogP) is 3.89. The van der Waals surface area contributed by atoms with Crippen molar-refractivity contribution < 1.29 is 26.3 Å². The molecule has 11 heteroatoms. The molecule has 160 valence electrons. The quantitative estimate of drug-likeness (QED) is 0.471. The van der Waals surface area contributed by atoms with Crippen LogP contribution in [0.25, 0.3) is 28.0 Å². The summed E-state index contributed by atoms with van der Waals surface area (Å²) < 4.78 is 70.6. The summed E-state index contributed by atoms with van der Waals surface area (Å²) in [6, 6.07) is 9.62. The number of pyridine rings is 1. The summed E-state index contributed by atoms with van der Waals surface area (Å²) in [5.74, 6) is 0.218. The molecule has 0 aliphatic rings. The van der Waals surface area contributed by atoms with Crippen molar-refractivity contribution in [3.8, 4) is 28.3 Å². The molecule has 0 saturated heterocycles. The van der Waals surface area contributed by atoms with E-state index >= 15 is 0 Å². The van der Waals surface area contributed by atoms with Crippen LogP contribution in [0.15, 0.2) is 59.8 Å². The number of ether oxygens (including phenoxy) is 1. The Balaban J connectivity index is 1.97. The van der Waals surface area contributed by atoms with Gasteiger partial charge in [0.15, 0.2) is 21.2 Å². The molecule has 7 nitrogen and oxygen atoms in total. The molecule has 1 aromatic carbocycles. The van der Waals surface area contributed by atoms with Crippen molar-refractivity contribution in [2.75, 3.05) is 13.4 Å². The maximum atomic E-state index is 13.8. The normalized spacial score (nSPS) is 12.3. The number of methoxy groups -OCH3 is 1. The van der Waals surface area contributed by atoms with Gasteiger partial charge in [0, 0.05) is 23.6 Å². The molecule has 0 amide bonds. The van der Waals surface area contributed by atoms with E-state index in [1.807, 2.05) is 0 Å². The molecule has 3 aromatic heterocycles. The highest BCUT2D eigenvalue weighted by molar-refractivity contribution is 7.90. The van der Waals surface area contributed by atoms with Crippen LogP contribution < -0.4 is 4.74 Å². The average Bonchev–Trinajstić information content (AvgIpc) is 3.15. The van der Waals surface area contributed by atoms with Crippen molar-refractivity contribution in [3.05, 3.63) is 60.6 Å². The molecule has 0 fully saturated rings. The zero-order valence-electron chi connectivity index (χ0n) is 16.3. The molecule has 0 atom stereocenters. The van der Waals surface area contributed by atoms with Crippen molar-refractivity contribution >= 4 is 15.5 Å². The Morgan fingerprint density at radius 3 is 2.39 bits per heavy atom. The van der Waals surface area contributed by atoms with Gasteiger partial charge in [-0.05, 0) is 30.3 Å². The Hall–Kier alpha value is -3.47. The lowest BCUT2D eigenvalue weighted by molar-refractivity contribution is -0.142. The third kappa shape index (κ3) is 3.83. The number of rotatable bonds is 4. The highest BCUT2D eigenvalue weighted by atomic mass is 32.2. The minimum atomic E-state index is -4.70. The number of hydrogen-bond donors (Lipinski definition) is 0. The molecule has 4 aromatic rings. The maximum absolute atomic E-state index is 13.8. The van der Waals surface area contributed by atoms with Crippen molar-refractivity contribution in [3.63, 3.8) is 0 Å². The number of benzene rings is 1. The fraction of sp³-hybridized carbons (Fsp3) is 0.150. The molecule has 3 heterocycles. The standard InChI is InChI=1S/C20H15F3N4O3S/c1-30-19-14(4-3-9-24-19)15-11-25-27-17(20(21,22)23)10-16(26-18(15)27)12-5-7-13(8-6-12)31(2,28)29/h3-11H,1-2H3. The van der Waals surface area contributed by atoms with Crippen LogP contribution in [0.2, 0.25) is 0 Å². The van der Waals surface area contributed by atoms with Gasteiger partial charge in [-0.25, -0.2) is 22.9 Å². The van der Waals surface area contributed by atoms with Crippen LogP contribution in [0.3, 0.4) is 0 Å². The third-order valence-corrected chi connectivity index (χ3v) is 5.72. The summed E-state index contributed by atoms with van der Waals surface area (Å²) in [5.41, 5.74) is 0.0301. The topological polar surface area (TPSA) is 86.5 Å². The van der Waals surface area contributed by atoms with Gasteiger partial charge in [-0.1, -0.05) is 12.1 Å². The first-order valence-electron chi connectivity index (χ1n) is 8.85. The number of nitrogens with zero attached hydrogens (tertiary/aromatic N) is 4. The second-order valence-corrected chi connectivity index (χ2v) is 8.69. The van der Waals surface area contributed by atoms with Gasteiger partial charge in [0.1, 0.15) is 0 Å². The summed E-state index contributed by atoms with van der Waals surface area (Å²) in [5, 5.41) is 3.89. The van der Waals surface area contributed by atoms with Crippen LogP contribution in [0, 0.1) is 0 Å². The van der Waals surface area contributed by atoms with Crippen LogP contribution >= 0.6 is 0 Å². The Kier molecular flexibility index (Phi) is 4.92. The molecule has 31 heavy (non-hydrogen) atoms. The number of aromatic nitrogens is 4. The molecule has 0 bridgehead atoms. The summed E-state index contributed by atoms with van der Waals surface area (Å²) in [7, 11) is -2.04. The predicted molar refractivity (Wildman–Crippen MR) is 106 cm³/mol. The second-order valence-electron chi connectivity index (χ2n) is 6.67. The highest BCUT2D eigenvalue weighted by Crippen LogP contribution is 2.36. The first kappa shape index (κ1) is 20.8. The van der Waals surface area contributed by atoms with E-state index in [4.69, 9.17) is 4.74 Å². The van der Waals surface area contributed by atoms with Gasteiger partial charge in [-0.15, -0.1) is 0 Å². The molecule has 0 aliphatic carbocycles. The zero-order valence-corrected chi connectivity index (χ0v) is 17.1. The molecule has 0 spiro atoms. The minimum absolute atomic E-state index is 0.0180. The highest BCUT2D eigenvalue weighted by Gasteiger charge is 2.36. The van der Waals surface area contributed by atoms with Crippen molar-refractivity contribution in [2.24, 2.45) is 0 Å². The van der Waals surface area contributed by atoms with Gasteiger partial charge in [0.2, 0.25) is 5.88 Å². The molecule has 4 rings (SSSR count). The molecular weight excluding hydrogens is 433 g/mol. The van der Waals surface area contributed by atoms with Crippen molar-refractivity contribution in [2.45, 2.75) is 11.1 Å². The monoisotopic (exact) mass is 448 g/mol. The van der Waals surface area contributed by atoms with Crippen LogP contribution in [0.4, 0.5) is 13.2 Å². The Morgan fingerprint density at radius 1 is 1.06 bits per heavy atom. The van der Waals surface area contributed by atoms with Gasteiger partial charge in [-0.3, -0.25) is 0 Å². The molecule has 0 unspecified atom stereocenters. The minimum Gasteiger partial charge on any atom is -0.481 e. The SMILES string of the molecule is COc1ncccc1-c1cnn2c(C(F)(F)F)cc(-c3ccc(S(C)(=O)=O)cc3)nc12. The molecular formula is C20H15F3N4O3S. The smallest absolute Gasteiger partial charge is 0.433 e. The lowest BCUT2D eigenvalue weighted by Gasteiger charge is -2.12. The summed E-state index contributed by atoms with van der Waals surface area (Å²) in [6.07, 6.45) is -0.885. The Morgan fingerprint density at radius 2 is 1.77 bits per heavy atom. The Labute approximate surface area is 175 Å². The second kappa shape index (κ2) is 7.34. The van der Waals surface area contributed by atoms with E-state index in [1.54, 1.807) is 12.1 Å². The van der Waals surface area contributed by atoms with E-state index in [-0.39, 0.29) is 22.1 Å². The van der Waals surface area contributed by atoms with Crippen molar-refractivity contribution in [1.29, 1.82) is 0 Å². The lowest BCUT2D eigenvalue weighted by Crippen LogP contribution is -2.13. The van der Waals surface area contributed by atoms with Gasteiger partial charge in [-0.2, -0.15) is 18.3 Å². The zero-order chi connectivity index (χ0) is 22.4. The van der Waals surface area contributed by atoms with Crippen LogP contribution in [0.5, 0.6) is 5.88 Å². The van der Waals surface area contributed by atoms with E-state index in [0.717, 1.165) is 16.8 Å². The molecule has 0 radical (unpaired) electrons. The number of fused-ring (bicyclic) bond motifs is 1. The fourth-order valence-electron chi connectivity index (χ4n) is 3.13. The van der Waals surface area contributed by atoms with Gasteiger partial charge in [0.05, 0.1) is 29.5 Å². The van der Waals surface area contributed by atoms with Gasteiger partial charge >= 0.3 is 6.18 Å². The number of halogens is 3. The van der Waals surface area contributed by atoms with E-state index in [1.165, 1.54) is 43.8 Å². The maximum Gasteiger partial charge on any atom is 0.433 e. The van der Waals surface area contributed by atoms with Crippen LogP contribution in [-0.2, 0) is 16.0 Å². The first-order chi connectivity index (χ1) is 14.6. The van der Waals surface area contributed by atoms with Crippen molar-refractivity contribution in [1.82, 2.24) is 19.6 Å². The van der Waals surface area contributed by atoms with Gasteiger partial charge < -0.3 is 4.74 Å². The van der Waals surface area contributed by atoms with E-state index < -0.39 is 21.7 Å². The Bertz CT molecular complexity index is 1380. The molecule has 0 N–H and O–H groups in total. The molecule has 0 aliphatic heterocycles. The van der Waals surface area contributed by atoms with Gasteiger partial charge in [0.25, 0.3) is 0 Å². The summed E-state index contributed by atoms with van der Waals surface area (Å²) >= 11 is 0. The fourth-order valence-corrected chi connectivity index (χ4v) is 3.76. The average molecular weight is 448 g/mol. The van der Waals surface area contributed by atoms with E-state index in [2.05, 4.69) is 15.1 Å². The lowest BCUT2D eigenvalue weighted by atomic mass is 10.1. The summed E-state index contributed by atoms with van der Waals surface area (Å²) in [6.45, 7) is 0. The van der Waals surface area contributed by atoms with Crippen LogP contribution in [0.1, 0.15) is 5.69 Å². The number of sulfone groups is 1. The largest absolute Gasteiger partial charge is 0.481 e.